The quantitative estimate of drug-likeness (QED) is 0.0873. The van der Waals surface area contributed by atoms with Crippen LogP contribution in [-0.2, 0) is 19.2 Å². The highest BCUT2D eigenvalue weighted by Crippen LogP contribution is 2.41. The molecule has 1 aromatic heterocycles. The number of fused-ring (bicyclic) bond motifs is 1. The van der Waals surface area contributed by atoms with E-state index in [1.54, 1.807) is 11.9 Å². The first-order valence-electron chi connectivity index (χ1n) is 10.9. The van der Waals surface area contributed by atoms with Crippen molar-refractivity contribution >= 4 is 74.4 Å². The standard InChI is InChI=1S/C21H23N9O5S3/c1-3-4-35-28-13(12-16(23)38-8-25-12)17(31)27-14-18(32)30-15(20(33)34)9(7-37-19(14)30)6-36-11-5-10(22)29(2)21(24)26-11/h1,8,10,14,19,24H,4-7,22-23H2,2H3,(H,27,31)(H,33,34)/t10?,14-,19-/m1/s1. The van der Waals surface area contributed by atoms with E-state index in [1.165, 1.54) is 33.9 Å². The van der Waals surface area contributed by atoms with Crippen LogP contribution >= 0.6 is 34.9 Å². The lowest BCUT2D eigenvalue weighted by Gasteiger charge is -2.49. The van der Waals surface area contributed by atoms with E-state index in [4.69, 9.17) is 28.1 Å². The SMILES string of the molecule is C#CCON=C(C(=O)N[C@@H]1C(=O)N2C(C(=O)O)=C(CSC3=NC(=N)N(C)C(N)C3)CS[C@H]12)c1ncsc1N. The van der Waals surface area contributed by atoms with Gasteiger partial charge in [0, 0.05) is 25.0 Å². The number of nitrogens with zero attached hydrogens (tertiary/aromatic N) is 5. The third kappa shape index (κ3) is 5.34. The third-order valence-electron chi connectivity index (χ3n) is 5.73. The first-order chi connectivity index (χ1) is 18.1. The second-order valence-corrected chi connectivity index (χ2v) is 11.1. The number of carbonyl (C=O) groups excluding carboxylic acids is 2. The molecule has 0 bridgehead atoms. The molecule has 1 saturated heterocycles. The van der Waals surface area contributed by atoms with Crippen molar-refractivity contribution in [1.29, 1.82) is 5.41 Å². The summed E-state index contributed by atoms with van der Waals surface area (Å²) in [6.07, 6.45) is 5.18. The zero-order chi connectivity index (χ0) is 27.6. The van der Waals surface area contributed by atoms with Crippen molar-refractivity contribution < 1.29 is 24.3 Å². The van der Waals surface area contributed by atoms with Crippen LogP contribution in [0.15, 0.2) is 26.9 Å². The molecule has 4 rings (SSSR count). The van der Waals surface area contributed by atoms with Gasteiger partial charge in [-0.1, -0.05) is 11.1 Å². The van der Waals surface area contributed by atoms with Crippen molar-refractivity contribution in [2.45, 2.75) is 24.0 Å². The molecular weight excluding hydrogens is 554 g/mol. The molecule has 3 aliphatic rings. The Balaban J connectivity index is 1.48. The summed E-state index contributed by atoms with van der Waals surface area (Å²) in [5, 5.41) is 24.4. The largest absolute Gasteiger partial charge is 0.477 e. The average Bonchev–Trinajstić information content (AvgIpc) is 3.31. The maximum absolute atomic E-state index is 13.0. The highest BCUT2D eigenvalue weighted by Gasteiger charge is 2.54. The van der Waals surface area contributed by atoms with Crippen molar-refractivity contribution in [2.24, 2.45) is 15.9 Å². The summed E-state index contributed by atoms with van der Waals surface area (Å²) < 4.78 is 0. The molecule has 1 aromatic rings. The molecule has 1 fully saturated rings. The highest BCUT2D eigenvalue weighted by atomic mass is 32.2. The molecule has 2 amide bonds. The number of terminal acetylenes is 1. The van der Waals surface area contributed by atoms with Crippen molar-refractivity contribution in [2.75, 3.05) is 30.9 Å². The second-order valence-electron chi connectivity index (χ2n) is 8.10. The maximum Gasteiger partial charge on any atom is 0.352 e. The molecule has 4 heterocycles. The number of nitrogens with one attached hydrogen (secondary N) is 2. The Hall–Kier alpha value is -3.59. The Labute approximate surface area is 229 Å². The zero-order valence-corrected chi connectivity index (χ0v) is 22.4. The molecule has 0 saturated carbocycles. The van der Waals surface area contributed by atoms with E-state index in [9.17, 15) is 19.5 Å². The Morgan fingerprint density at radius 2 is 2.26 bits per heavy atom. The van der Waals surface area contributed by atoms with Crippen molar-refractivity contribution in [3.05, 3.63) is 22.5 Å². The summed E-state index contributed by atoms with van der Waals surface area (Å²) in [6.45, 7) is -0.195. The number of aliphatic carboxylic acids is 1. The van der Waals surface area contributed by atoms with Crippen LogP contribution in [0.3, 0.4) is 0 Å². The summed E-state index contributed by atoms with van der Waals surface area (Å²) in [6, 6.07) is -0.995. The minimum atomic E-state index is -1.25. The number of hydrogen-bond donors (Lipinski definition) is 5. The first-order valence-corrected chi connectivity index (χ1v) is 13.9. The number of aromatic nitrogens is 1. The van der Waals surface area contributed by atoms with Crippen molar-refractivity contribution in [3.8, 4) is 12.3 Å². The molecule has 0 radical (unpaired) electrons. The second kappa shape index (κ2) is 11.4. The molecule has 200 valence electrons. The number of β-lactam (4-membered cyclic amide) rings is 1. The monoisotopic (exact) mass is 577 g/mol. The summed E-state index contributed by atoms with van der Waals surface area (Å²) >= 11 is 3.70. The number of thioether (sulfide) groups is 2. The van der Waals surface area contributed by atoms with E-state index in [1.807, 2.05) is 0 Å². The van der Waals surface area contributed by atoms with Gasteiger partial charge in [-0.15, -0.1) is 41.3 Å². The van der Waals surface area contributed by atoms with E-state index in [0.717, 1.165) is 11.3 Å². The summed E-state index contributed by atoms with van der Waals surface area (Å²) in [4.78, 5) is 54.1. The van der Waals surface area contributed by atoms with Gasteiger partial charge in [-0.3, -0.25) is 19.9 Å². The minimum absolute atomic E-state index is 0.0280. The molecular formula is C21H23N9O5S3. The number of oxime groups is 1. The number of guanidine groups is 1. The van der Waals surface area contributed by atoms with E-state index in [0.29, 0.717) is 22.8 Å². The maximum atomic E-state index is 13.0. The van der Waals surface area contributed by atoms with Crippen LogP contribution in [0, 0.1) is 17.8 Å². The molecule has 0 spiro atoms. The Kier molecular flexibility index (Phi) is 8.26. The van der Waals surface area contributed by atoms with Gasteiger partial charge in [-0.05, 0) is 5.57 Å². The van der Waals surface area contributed by atoms with Crippen molar-refractivity contribution in [3.63, 3.8) is 0 Å². The molecule has 7 N–H and O–H groups in total. The molecule has 14 nitrogen and oxygen atoms in total. The molecule has 38 heavy (non-hydrogen) atoms. The van der Waals surface area contributed by atoms with Crippen LogP contribution < -0.4 is 16.8 Å². The number of nitrogen functional groups attached to an aromatic ring is 1. The Morgan fingerprint density at radius 1 is 1.50 bits per heavy atom. The van der Waals surface area contributed by atoms with Gasteiger partial charge >= 0.3 is 5.97 Å². The number of carboxylic acid groups (broad SMARTS) is 1. The van der Waals surface area contributed by atoms with Crippen LogP contribution in [0.25, 0.3) is 0 Å². The van der Waals surface area contributed by atoms with Gasteiger partial charge in [0.25, 0.3) is 11.8 Å². The van der Waals surface area contributed by atoms with Gasteiger partial charge in [0.1, 0.15) is 27.8 Å². The number of aliphatic imine (C=N–C) groups is 1. The van der Waals surface area contributed by atoms with Gasteiger partial charge in [0.2, 0.25) is 5.96 Å². The number of carboxylic acids is 1. The molecule has 3 aliphatic heterocycles. The number of nitrogens with two attached hydrogens (primary N) is 2. The summed E-state index contributed by atoms with van der Waals surface area (Å²) in [7, 11) is 1.68. The lowest BCUT2D eigenvalue weighted by molar-refractivity contribution is -0.150. The van der Waals surface area contributed by atoms with Crippen LogP contribution in [0.5, 0.6) is 0 Å². The normalized spacial score (nSPS) is 23.3. The predicted molar refractivity (Wildman–Crippen MR) is 146 cm³/mol. The molecule has 0 aromatic carbocycles. The number of thiazole rings is 1. The molecule has 17 heteroatoms. The van der Waals surface area contributed by atoms with Gasteiger partial charge in [0.05, 0.1) is 16.7 Å². The Bertz CT molecular complexity index is 1320. The smallest absolute Gasteiger partial charge is 0.352 e. The van der Waals surface area contributed by atoms with E-state index in [-0.39, 0.29) is 40.4 Å². The molecule has 3 atom stereocenters. The fraction of sp³-hybridized carbons (Fsp3) is 0.381. The van der Waals surface area contributed by atoms with Gasteiger partial charge in [-0.2, -0.15) is 0 Å². The topological polar surface area (TPSA) is 213 Å². The van der Waals surface area contributed by atoms with E-state index < -0.39 is 35.4 Å². The predicted octanol–water partition coefficient (Wildman–Crippen LogP) is -0.495. The lowest BCUT2D eigenvalue weighted by Crippen LogP contribution is -2.71. The first kappa shape index (κ1) is 27.4. The van der Waals surface area contributed by atoms with Crippen LogP contribution in [0.2, 0.25) is 0 Å². The van der Waals surface area contributed by atoms with E-state index >= 15 is 0 Å². The van der Waals surface area contributed by atoms with Crippen LogP contribution in [0.1, 0.15) is 12.1 Å². The third-order valence-corrected chi connectivity index (χ3v) is 8.82. The minimum Gasteiger partial charge on any atom is -0.477 e. The number of carbonyl (C=O) groups is 3. The average molecular weight is 578 g/mol. The number of hydrogen-bond acceptors (Lipinski definition) is 12. The van der Waals surface area contributed by atoms with Gasteiger partial charge in [0.15, 0.2) is 12.3 Å². The summed E-state index contributed by atoms with van der Waals surface area (Å²) in [5.74, 6) is 0.236. The zero-order valence-electron chi connectivity index (χ0n) is 19.9. The highest BCUT2D eigenvalue weighted by molar-refractivity contribution is 8.14. The van der Waals surface area contributed by atoms with Crippen LogP contribution in [0.4, 0.5) is 5.00 Å². The molecule has 1 unspecified atom stereocenters. The fourth-order valence-corrected chi connectivity index (χ4v) is 6.77. The Morgan fingerprint density at radius 3 is 2.89 bits per heavy atom. The number of rotatable bonds is 8. The van der Waals surface area contributed by atoms with Gasteiger partial charge in [-0.25, -0.2) is 14.8 Å². The number of amides is 2. The lowest BCUT2D eigenvalue weighted by atomic mass is 10.0. The van der Waals surface area contributed by atoms with Crippen molar-refractivity contribution in [1.82, 2.24) is 20.1 Å². The van der Waals surface area contributed by atoms with E-state index in [2.05, 4.69) is 26.4 Å². The fourth-order valence-electron chi connectivity index (χ4n) is 3.74. The van der Waals surface area contributed by atoms with Crippen LogP contribution in [-0.4, -0.2) is 97.1 Å². The molecule has 0 aliphatic carbocycles. The van der Waals surface area contributed by atoms with Gasteiger partial charge < -0.3 is 31.6 Å². The number of anilines is 1. The summed E-state index contributed by atoms with van der Waals surface area (Å²) in [5.41, 5.74) is 13.6.